The fourth-order valence-electron chi connectivity index (χ4n) is 2.12. The van der Waals surface area contributed by atoms with Crippen LogP contribution in [0.3, 0.4) is 0 Å². The number of nitriles is 1. The van der Waals surface area contributed by atoms with E-state index in [9.17, 15) is 0 Å². The van der Waals surface area contributed by atoms with Crippen molar-refractivity contribution >= 4 is 17.4 Å². The molecule has 1 atom stereocenters. The Labute approximate surface area is 129 Å². The summed E-state index contributed by atoms with van der Waals surface area (Å²) in [7, 11) is 0. The Kier molecular flexibility index (Phi) is 5.13. The van der Waals surface area contributed by atoms with E-state index >= 15 is 0 Å². The molecule has 1 N–H and O–H groups in total. The van der Waals surface area contributed by atoms with Gasteiger partial charge in [0.15, 0.2) is 0 Å². The molecule has 0 saturated carbocycles. The van der Waals surface area contributed by atoms with Gasteiger partial charge in [-0.25, -0.2) is 9.97 Å². The average molecular weight is 301 g/mol. The Morgan fingerprint density at radius 3 is 2.62 bits per heavy atom. The van der Waals surface area contributed by atoms with E-state index in [1.807, 2.05) is 31.2 Å². The molecular formula is C16H17ClN4. The Morgan fingerprint density at radius 1 is 1.29 bits per heavy atom. The molecule has 0 aliphatic heterocycles. The van der Waals surface area contributed by atoms with Gasteiger partial charge in [0.05, 0.1) is 11.6 Å². The number of halogens is 1. The summed E-state index contributed by atoms with van der Waals surface area (Å²) in [5.41, 5.74) is 2.69. The van der Waals surface area contributed by atoms with Crippen LogP contribution in [-0.2, 0) is 6.42 Å². The van der Waals surface area contributed by atoms with Gasteiger partial charge in [-0.3, -0.25) is 0 Å². The van der Waals surface area contributed by atoms with E-state index in [1.54, 1.807) is 0 Å². The van der Waals surface area contributed by atoms with Crippen LogP contribution < -0.4 is 5.32 Å². The van der Waals surface area contributed by atoms with Gasteiger partial charge in [0.1, 0.15) is 17.3 Å². The molecule has 1 unspecified atom stereocenters. The fourth-order valence-corrected chi connectivity index (χ4v) is 2.35. The van der Waals surface area contributed by atoms with Crippen LogP contribution in [0.4, 0.5) is 5.82 Å². The van der Waals surface area contributed by atoms with E-state index in [1.165, 1.54) is 6.33 Å². The third-order valence-corrected chi connectivity index (χ3v) is 3.61. The number of anilines is 1. The van der Waals surface area contributed by atoms with E-state index in [0.717, 1.165) is 29.8 Å². The molecule has 2 aromatic rings. The summed E-state index contributed by atoms with van der Waals surface area (Å²) in [6.45, 7) is 4.14. The number of benzene rings is 1. The lowest BCUT2D eigenvalue weighted by molar-refractivity contribution is 0.846. The number of rotatable bonds is 5. The molecule has 2 rings (SSSR count). The third kappa shape index (κ3) is 3.71. The first kappa shape index (κ1) is 15.3. The minimum Gasteiger partial charge on any atom is -0.363 e. The van der Waals surface area contributed by atoms with Crippen molar-refractivity contribution in [1.82, 2.24) is 9.97 Å². The zero-order valence-electron chi connectivity index (χ0n) is 12.1. The molecule has 108 valence electrons. The lowest BCUT2D eigenvalue weighted by atomic mass is 10.1. The molecule has 0 aliphatic carbocycles. The summed E-state index contributed by atoms with van der Waals surface area (Å²) in [5.74, 6) is 0.772. The van der Waals surface area contributed by atoms with E-state index in [2.05, 4.69) is 28.3 Å². The number of hydrogen-bond donors (Lipinski definition) is 1. The van der Waals surface area contributed by atoms with Gasteiger partial charge in [0.2, 0.25) is 0 Å². The lowest BCUT2D eigenvalue weighted by Gasteiger charge is -2.17. The van der Waals surface area contributed by atoms with Gasteiger partial charge in [-0.2, -0.15) is 5.26 Å². The average Bonchev–Trinajstić information content (AvgIpc) is 2.51. The highest BCUT2D eigenvalue weighted by atomic mass is 35.5. The van der Waals surface area contributed by atoms with Gasteiger partial charge >= 0.3 is 0 Å². The molecule has 0 aliphatic rings. The van der Waals surface area contributed by atoms with Crippen molar-refractivity contribution in [2.24, 2.45) is 0 Å². The van der Waals surface area contributed by atoms with Crippen molar-refractivity contribution in [3.05, 3.63) is 52.4 Å². The molecule has 21 heavy (non-hydrogen) atoms. The van der Waals surface area contributed by atoms with Crippen molar-refractivity contribution in [2.45, 2.75) is 32.7 Å². The zero-order valence-corrected chi connectivity index (χ0v) is 12.9. The maximum Gasteiger partial charge on any atom is 0.137 e. The summed E-state index contributed by atoms with van der Waals surface area (Å²) in [4.78, 5) is 8.34. The molecule has 0 amide bonds. The third-order valence-electron chi connectivity index (χ3n) is 3.29. The molecule has 0 fully saturated rings. The van der Waals surface area contributed by atoms with Crippen molar-refractivity contribution in [3.63, 3.8) is 0 Å². The molecule has 4 nitrogen and oxygen atoms in total. The Balaban J connectivity index is 2.20. The maximum absolute atomic E-state index is 8.83. The molecule has 1 heterocycles. The SMILES string of the molecule is CCCc1c(Cl)ncnc1NC(C)c1ccc(C#N)cc1. The first-order valence-electron chi connectivity index (χ1n) is 6.91. The molecule has 5 heteroatoms. The smallest absolute Gasteiger partial charge is 0.137 e. The van der Waals surface area contributed by atoms with Crippen molar-refractivity contribution in [3.8, 4) is 6.07 Å². The van der Waals surface area contributed by atoms with Crippen LogP contribution >= 0.6 is 11.6 Å². The second-order valence-corrected chi connectivity index (χ2v) is 5.20. The van der Waals surface area contributed by atoms with Gasteiger partial charge < -0.3 is 5.32 Å². The molecule has 0 spiro atoms. The molecule has 0 bridgehead atoms. The van der Waals surface area contributed by atoms with Crippen LogP contribution in [0.2, 0.25) is 5.15 Å². The highest BCUT2D eigenvalue weighted by molar-refractivity contribution is 6.30. The number of nitrogens with one attached hydrogen (secondary N) is 1. The number of aromatic nitrogens is 2. The summed E-state index contributed by atoms with van der Waals surface area (Å²) >= 11 is 6.15. The largest absolute Gasteiger partial charge is 0.363 e. The Bertz CT molecular complexity index is 646. The van der Waals surface area contributed by atoms with Gasteiger partial charge in [0, 0.05) is 11.6 Å². The molecule has 1 aromatic carbocycles. The van der Waals surface area contributed by atoms with Crippen LogP contribution in [0.15, 0.2) is 30.6 Å². The topological polar surface area (TPSA) is 61.6 Å². The Hall–Kier alpha value is -2.12. The number of nitrogens with zero attached hydrogens (tertiary/aromatic N) is 3. The normalized spacial score (nSPS) is 11.7. The lowest BCUT2D eigenvalue weighted by Crippen LogP contribution is -2.11. The van der Waals surface area contributed by atoms with E-state index < -0.39 is 0 Å². The van der Waals surface area contributed by atoms with Crippen molar-refractivity contribution in [1.29, 1.82) is 5.26 Å². The molecule has 0 radical (unpaired) electrons. The molecular weight excluding hydrogens is 284 g/mol. The quantitative estimate of drug-likeness (QED) is 0.843. The standard InChI is InChI=1S/C16H17ClN4/c1-3-4-14-15(17)19-10-20-16(14)21-11(2)13-7-5-12(9-18)6-8-13/h5-8,10-11H,3-4H2,1-2H3,(H,19,20,21). The number of hydrogen-bond acceptors (Lipinski definition) is 4. The van der Waals surface area contributed by atoms with Crippen LogP contribution in [0.1, 0.15) is 43.0 Å². The first-order valence-corrected chi connectivity index (χ1v) is 7.29. The van der Waals surface area contributed by atoms with E-state index in [0.29, 0.717) is 10.7 Å². The summed E-state index contributed by atoms with van der Waals surface area (Å²) in [6.07, 6.45) is 3.28. The summed E-state index contributed by atoms with van der Waals surface area (Å²) < 4.78 is 0. The first-order chi connectivity index (χ1) is 10.2. The van der Waals surface area contributed by atoms with Gasteiger partial charge in [0.25, 0.3) is 0 Å². The Morgan fingerprint density at radius 2 is 2.00 bits per heavy atom. The molecule has 0 saturated heterocycles. The van der Waals surface area contributed by atoms with Gasteiger partial charge in [-0.1, -0.05) is 37.1 Å². The van der Waals surface area contributed by atoms with Crippen LogP contribution in [-0.4, -0.2) is 9.97 Å². The maximum atomic E-state index is 8.83. The van der Waals surface area contributed by atoms with E-state index in [4.69, 9.17) is 16.9 Å². The zero-order chi connectivity index (χ0) is 15.2. The van der Waals surface area contributed by atoms with Gasteiger partial charge in [-0.15, -0.1) is 0 Å². The van der Waals surface area contributed by atoms with Gasteiger partial charge in [-0.05, 0) is 31.0 Å². The van der Waals surface area contributed by atoms with Crippen LogP contribution in [0, 0.1) is 11.3 Å². The predicted octanol–water partition coefficient (Wildman–Crippen LogP) is 4.13. The van der Waals surface area contributed by atoms with Crippen LogP contribution in [0.5, 0.6) is 0 Å². The predicted molar refractivity (Wildman–Crippen MR) is 84.2 cm³/mol. The van der Waals surface area contributed by atoms with Crippen molar-refractivity contribution < 1.29 is 0 Å². The summed E-state index contributed by atoms with van der Waals surface area (Å²) in [6, 6.07) is 9.70. The van der Waals surface area contributed by atoms with Crippen LogP contribution in [0.25, 0.3) is 0 Å². The van der Waals surface area contributed by atoms with Crippen molar-refractivity contribution in [2.75, 3.05) is 5.32 Å². The minimum atomic E-state index is 0.0688. The fraction of sp³-hybridized carbons (Fsp3) is 0.312. The van der Waals surface area contributed by atoms with E-state index in [-0.39, 0.29) is 6.04 Å². The second kappa shape index (κ2) is 7.05. The minimum absolute atomic E-state index is 0.0688. The highest BCUT2D eigenvalue weighted by Crippen LogP contribution is 2.25. The highest BCUT2D eigenvalue weighted by Gasteiger charge is 2.12. The monoisotopic (exact) mass is 300 g/mol. The summed E-state index contributed by atoms with van der Waals surface area (Å²) in [5, 5.41) is 12.7. The molecule has 1 aromatic heterocycles. The second-order valence-electron chi connectivity index (χ2n) is 4.84.